The fourth-order valence-corrected chi connectivity index (χ4v) is 2.76. The second-order valence-electron chi connectivity index (χ2n) is 3.41. The molecule has 0 radical (unpaired) electrons. The summed E-state index contributed by atoms with van der Waals surface area (Å²) in [7, 11) is 0. The molecule has 2 nitrogen and oxygen atoms in total. The molecule has 0 bridgehead atoms. The van der Waals surface area contributed by atoms with Gasteiger partial charge in [0.1, 0.15) is 0 Å². The number of aryl methyl sites for hydroxylation is 1. The number of thiophene rings is 1. The smallest absolute Gasteiger partial charge is 0.336 e. The Kier molecular flexibility index (Phi) is 3.12. The van der Waals surface area contributed by atoms with Crippen LogP contribution in [0.25, 0.3) is 10.4 Å². The maximum Gasteiger partial charge on any atom is 0.336 e. The van der Waals surface area contributed by atoms with E-state index in [4.69, 9.17) is 5.11 Å². The first-order chi connectivity index (χ1) is 7.58. The summed E-state index contributed by atoms with van der Waals surface area (Å²) in [6, 6.07) is 9.27. The number of hydrogen-bond donors (Lipinski definition) is 1. The minimum absolute atomic E-state index is 0.330. The number of carbonyl (C=O) groups is 1. The van der Waals surface area contributed by atoms with Gasteiger partial charge in [0.2, 0.25) is 0 Å². The van der Waals surface area contributed by atoms with Crippen LogP contribution in [0.1, 0.15) is 15.2 Å². The van der Waals surface area contributed by atoms with Crippen LogP contribution >= 0.6 is 27.3 Å². The lowest BCUT2D eigenvalue weighted by atomic mass is 10.1. The van der Waals surface area contributed by atoms with Crippen LogP contribution in [0.15, 0.2) is 34.8 Å². The lowest BCUT2D eigenvalue weighted by molar-refractivity contribution is 0.0697. The maximum atomic E-state index is 11.1. The first-order valence-electron chi connectivity index (χ1n) is 4.67. The van der Waals surface area contributed by atoms with Gasteiger partial charge in [-0.3, -0.25) is 0 Å². The average molecular weight is 297 g/mol. The highest BCUT2D eigenvalue weighted by Crippen LogP contribution is 2.32. The van der Waals surface area contributed by atoms with Crippen LogP contribution < -0.4 is 0 Å². The summed E-state index contributed by atoms with van der Waals surface area (Å²) >= 11 is 4.88. The van der Waals surface area contributed by atoms with Crippen molar-refractivity contribution in [2.24, 2.45) is 0 Å². The molecule has 0 aliphatic carbocycles. The van der Waals surface area contributed by atoms with Gasteiger partial charge in [0.05, 0.1) is 5.56 Å². The minimum Gasteiger partial charge on any atom is -0.478 e. The van der Waals surface area contributed by atoms with E-state index >= 15 is 0 Å². The summed E-state index contributed by atoms with van der Waals surface area (Å²) in [6.07, 6.45) is 0. The topological polar surface area (TPSA) is 37.3 Å². The van der Waals surface area contributed by atoms with Gasteiger partial charge in [-0.1, -0.05) is 22.0 Å². The highest BCUT2D eigenvalue weighted by molar-refractivity contribution is 9.10. The van der Waals surface area contributed by atoms with Crippen LogP contribution in [0.2, 0.25) is 0 Å². The third kappa shape index (κ3) is 2.18. The first kappa shape index (κ1) is 11.4. The van der Waals surface area contributed by atoms with Crippen LogP contribution in [-0.4, -0.2) is 11.1 Å². The number of carboxylic acid groups (broad SMARTS) is 1. The van der Waals surface area contributed by atoms with Crippen LogP contribution in [0.4, 0.5) is 0 Å². The molecule has 0 unspecified atom stereocenters. The Morgan fingerprint density at radius 2 is 2.06 bits per heavy atom. The van der Waals surface area contributed by atoms with Crippen molar-refractivity contribution < 1.29 is 9.90 Å². The van der Waals surface area contributed by atoms with E-state index in [2.05, 4.69) is 15.9 Å². The second-order valence-corrected chi connectivity index (χ2v) is 5.61. The molecule has 1 N–H and O–H groups in total. The summed E-state index contributed by atoms with van der Waals surface area (Å²) in [4.78, 5) is 13.3. The lowest BCUT2D eigenvalue weighted by Crippen LogP contribution is -1.98. The summed E-state index contributed by atoms with van der Waals surface area (Å²) < 4.78 is 0.780. The average Bonchev–Trinajstić information content (AvgIpc) is 2.64. The SMILES string of the molecule is Cc1ccc(-c2ccc(Br)cc2C(=O)O)s1. The Bertz CT molecular complexity index is 546. The molecule has 1 aromatic heterocycles. The minimum atomic E-state index is -0.901. The predicted octanol–water partition coefficient (Wildman–Crippen LogP) is 4.18. The zero-order valence-electron chi connectivity index (χ0n) is 8.53. The van der Waals surface area contributed by atoms with E-state index in [1.165, 1.54) is 4.88 Å². The number of halogens is 1. The Balaban J connectivity index is 2.60. The molecule has 0 atom stereocenters. The zero-order valence-corrected chi connectivity index (χ0v) is 10.9. The monoisotopic (exact) mass is 296 g/mol. The molecule has 0 aliphatic heterocycles. The second kappa shape index (κ2) is 4.39. The van der Waals surface area contributed by atoms with Gasteiger partial charge in [-0.25, -0.2) is 4.79 Å². The number of aromatic carboxylic acids is 1. The Labute approximate surface area is 106 Å². The molecular weight excluding hydrogens is 288 g/mol. The van der Waals surface area contributed by atoms with E-state index in [-0.39, 0.29) is 0 Å². The fraction of sp³-hybridized carbons (Fsp3) is 0.0833. The molecule has 1 aromatic carbocycles. The van der Waals surface area contributed by atoms with Crippen molar-refractivity contribution in [2.45, 2.75) is 6.92 Å². The molecule has 0 saturated carbocycles. The number of rotatable bonds is 2. The number of benzene rings is 1. The van der Waals surface area contributed by atoms with Crippen molar-refractivity contribution in [3.05, 3.63) is 45.2 Å². The molecule has 2 rings (SSSR count). The number of hydrogen-bond acceptors (Lipinski definition) is 2. The summed E-state index contributed by atoms with van der Waals surface area (Å²) in [6.45, 7) is 2.01. The zero-order chi connectivity index (χ0) is 11.7. The van der Waals surface area contributed by atoms with Crippen LogP contribution in [0.5, 0.6) is 0 Å². The van der Waals surface area contributed by atoms with Crippen molar-refractivity contribution in [3.8, 4) is 10.4 Å². The third-order valence-corrected chi connectivity index (χ3v) is 3.75. The number of carboxylic acids is 1. The standard InChI is InChI=1S/C12H9BrO2S/c1-7-2-5-11(16-7)9-4-3-8(13)6-10(9)12(14)15/h2-6H,1H3,(H,14,15). The van der Waals surface area contributed by atoms with Gasteiger partial charge < -0.3 is 5.11 Å². The van der Waals surface area contributed by atoms with E-state index in [9.17, 15) is 4.79 Å². The van der Waals surface area contributed by atoms with Crippen molar-refractivity contribution in [2.75, 3.05) is 0 Å². The highest BCUT2D eigenvalue weighted by Gasteiger charge is 2.13. The predicted molar refractivity (Wildman–Crippen MR) is 69.2 cm³/mol. The van der Waals surface area contributed by atoms with Crippen molar-refractivity contribution in [1.82, 2.24) is 0 Å². The Morgan fingerprint density at radius 1 is 1.31 bits per heavy atom. The first-order valence-corrected chi connectivity index (χ1v) is 6.28. The van der Waals surface area contributed by atoms with E-state index in [0.717, 1.165) is 14.9 Å². The lowest BCUT2D eigenvalue weighted by Gasteiger charge is -2.04. The molecule has 4 heteroatoms. The van der Waals surface area contributed by atoms with E-state index < -0.39 is 5.97 Å². The van der Waals surface area contributed by atoms with E-state index in [0.29, 0.717) is 5.56 Å². The van der Waals surface area contributed by atoms with Gasteiger partial charge in [-0.05, 0) is 31.2 Å². The molecule has 0 amide bonds. The largest absolute Gasteiger partial charge is 0.478 e. The van der Waals surface area contributed by atoms with Crippen molar-refractivity contribution in [3.63, 3.8) is 0 Å². The van der Waals surface area contributed by atoms with Gasteiger partial charge >= 0.3 is 5.97 Å². The van der Waals surface area contributed by atoms with E-state index in [1.54, 1.807) is 17.4 Å². The quantitative estimate of drug-likeness (QED) is 0.902. The van der Waals surface area contributed by atoms with Crippen molar-refractivity contribution >= 4 is 33.2 Å². The van der Waals surface area contributed by atoms with Crippen LogP contribution in [0, 0.1) is 6.92 Å². The molecule has 0 aliphatic rings. The summed E-state index contributed by atoms with van der Waals surface area (Å²) in [5.41, 5.74) is 1.10. The molecule has 1 heterocycles. The van der Waals surface area contributed by atoms with Gasteiger partial charge in [0, 0.05) is 19.8 Å². The van der Waals surface area contributed by atoms with Gasteiger partial charge in [0.25, 0.3) is 0 Å². The Morgan fingerprint density at radius 3 is 2.62 bits per heavy atom. The normalized spacial score (nSPS) is 10.4. The summed E-state index contributed by atoms with van der Waals surface area (Å²) in [5, 5.41) is 9.14. The maximum absolute atomic E-state index is 11.1. The van der Waals surface area contributed by atoms with Crippen LogP contribution in [-0.2, 0) is 0 Å². The molecule has 2 aromatic rings. The van der Waals surface area contributed by atoms with Gasteiger partial charge in [-0.2, -0.15) is 0 Å². The molecule has 82 valence electrons. The molecular formula is C12H9BrO2S. The van der Waals surface area contributed by atoms with Gasteiger partial charge in [-0.15, -0.1) is 11.3 Å². The van der Waals surface area contributed by atoms with E-state index in [1.807, 2.05) is 31.2 Å². The fourth-order valence-electron chi connectivity index (χ4n) is 1.49. The molecule has 0 spiro atoms. The highest BCUT2D eigenvalue weighted by atomic mass is 79.9. The van der Waals surface area contributed by atoms with Gasteiger partial charge in [0.15, 0.2) is 0 Å². The Hall–Kier alpha value is -1.13. The molecule has 16 heavy (non-hydrogen) atoms. The molecule has 0 fully saturated rings. The summed E-state index contributed by atoms with van der Waals surface area (Å²) in [5.74, 6) is -0.901. The van der Waals surface area contributed by atoms with Crippen LogP contribution in [0.3, 0.4) is 0 Å². The molecule has 0 saturated heterocycles. The van der Waals surface area contributed by atoms with Crippen molar-refractivity contribution in [1.29, 1.82) is 0 Å². The third-order valence-electron chi connectivity index (χ3n) is 2.22.